The number of rotatable bonds is 4. The second kappa shape index (κ2) is 6.98. The van der Waals surface area contributed by atoms with Gasteiger partial charge in [0.05, 0.1) is 22.4 Å². The van der Waals surface area contributed by atoms with Crippen LogP contribution in [0.4, 0.5) is 24.5 Å². The molecule has 0 aliphatic rings. The van der Waals surface area contributed by atoms with Crippen LogP contribution in [0.1, 0.15) is 24.1 Å². The molecule has 0 aliphatic carbocycles. The second-order valence-electron chi connectivity index (χ2n) is 5.55. The van der Waals surface area contributed by atoms with Crippen LogP contribution in [-0.2, 0) is 11.0 Å². The van der Waals surface area contributed by atoms with Crippen LogP contribution in [0.15, 0.2) is 41.3 Å². The monoisotopic (exact) mass is 369 g/mol. The lowest BCUT2D eigenvalue weighted by Gasteiger charge is -2.18. The van der Waals surface area contributed by atoms with Gasteiger partial charge in [0.25, 0.3) is 11.2 Å². The molecule has 0 radical (unpaired) electrons. The molecule has 1 heterocycles. The molecule has 26 heavy (non-hydrogen) atoms. The summed E-state index contributed by atoms with van der Waals surface area (Å²) < 4.78 is 39.8. The zero-order chi connectivity index (χ0) is 19.6. The maximum Gasteiger partial charge on any atom is 0.418 e. The van der Waals surface area contributed by atoms with Crippen molar-refractivity contribution < 1.29 is 22.9 Å². The van der Waals surface area contributed by atoms with Crippen molar-refractivity contribution in [2.75, 3.05) is 5.32 Å². The molecule has 1 atom stereocenters. The molecular formula is C16H14F3N3O4. The molecule has 0 aliphatic heterocycles. The molecule has 2 rings (SSSR count). The lowest BCUT2D eigenvalue weighted by molar-refractivity contribution is -0.386. The van der Waals surface area contributed by atoms with E-state index in [1.54, 1.807) is 0 Å². The first kappa shape index (κ1) is 19.2. The van der Waals surface area contributed by atoms with Crippen molar-refractivity contribution in [1.29, 1.82) is 0 Å². The predicted molar refractivity (Wildman–Crippen MR) is 86.9 cm³/mol. The number of aryl methyl sites for hydroxylation is 1. The highest BCUT2D eigenvalue weighted by molar-refractivity contribution is 5.94. The maximum atomic E-state index is 13.0. The molecule has 0 spiro atoms. The normalized spacial score (nSPS) is 12.5. The second-order valence-corrected chi connectivity index (χ2v) is 5.55. The van der Waals surface area contributed by atoms with Crippen LogP contribution < -0.4 is 10.9 Å². The summed E-state index contributed by atoms with van der Waals surface area (Å²) in [6.07, 6.45) is -3.77. The van der Waals surface area contributed by atoms with E-state index < -0.39 is 39.9 Å². The Kier molecular flexibility index (Phi) is 5.15. The summed E-state index contributed by atoms with van der Waals surface area (Å²) >= 11 is 0. The van der Waals surface area contributed by atoms with Gasteiger partial charge in [0.1, 0.15) is 6.04 Å². The largest absolute Gasteiger partial charge is 0.418 e. The molecule has 10 heteroatoms. The highest BCUT2D eigenvalue weighted by atomic mass is 19.4. The van der Waals surface area contributed by atoms with E-state index in [1.165, 1.54) is 26.0 Å². The van der Waals surface area contributed by atoms with Gasteiger partial charge in [-0.2, -0.15) is 13.2 Å². The van der Waals surface area contributed by atoms with E-state index in [9.17, 15) is 32.9 Å². The van der Waals surface area contributed by atoms with Crippen molar-refractivity contribution in [2.24, 2.45) is 0 Å². The number of aromatic nitrogens is 1. The fourth-order valence-corrected chi connectivity index (χ4v) is 2.33. The number of benzene rings is 1. The Bertz CT molecular complexity index is 922. The number of amides is 1. The van der Waals surface area contributed by atoms with Crippen LogP contribution >= 0.6 is 0 Å². The standard InChI is InChI=1S/C16H14F3N3O4/c1-9-7-14(23)21(8-13(9)22(25)26)10(2)15(24)20-12-6-4-3-5-11(12)16(17,18)19/h3-8,10H,1-2H3,(H,20,24). The van der Waals surface area contributed by atoms with Gasteiger partial charge in [-0.15, -0.1) is 0 Å². The van der Waals surface area contributed by atoms with Gasteiger partial charge in [-0.1, -0.05) is 12.1 Å². The minimum absolute atomic E-state index is 0.117. The molecule has 1 unspecified atom stereocenters. The molecule has 1 N–H and O–H groups in total. The van der Waals surface area contributed by atoms with Crippen molar-refractivity contribution in [3.05, 3.63) is 68.1 Å². The molecule has 1 aromatic carbocycles. The lowest BCUT2D eigenvalue weighted by atomic mass is 10.1. The molecular weight excluding hydrogens is 355 g/mol. The van der Waals surface area contributed by atoms with Crippen molar-refractivity contribution in [2.45, 2.75) is 26.1 Å². The van der Waals surface area contributed by atoms with Gasteiger partial charge < -0.3 is 5.32 Å². The predicted octanol–water partition coefficient (Wildman–Crippen LogP) is 3.28. The fourth-order valence-electron chi connectivity index (χ4n) is 2.33. The summed E-state index contributed by atoms with van der Waals surface area (Å²) in [6, 6.07) is 4.11. The van der Waals surface area contributed by atoms with E-state index in [1.807, 2.05) is 0 Å². The number of anilines is 1. The fraction of sp³-hybridized carbons (Fsp3) is 0.250. The molecule has 1 aromatic heterocycles. The van der Waals surface area contributed by atoms with Gasteiger partial charge in [0.15, 0.2) is 0 Å². The third-order valence-corrected chi connectivity index (χ3v) is 3.74. The SMILES string of the molecule is Cc1cc(=O)n(C(C)C(=O)Nc2ccccc2C(F)(F)F)cc1[N+](=O)[O-]. The zero-order valence-electron chi connectivity index (χ0n) is 13.7. The molecule has 2 aromatic rings. The highest BCUT2D eigenvalue weighted by Gasteiger charge is 2.34. The molecule has 7 nitrogen and oxygen atoms in total. The van der Waals surface area contributed by atoms with Crippen molar-refractivity contribution in [1.82, 2.24) is 4.57 Å². The average molecular weight is 369 g/mol. The summed E-state index contributed by atoms with van der Waals surface area (Å²) in [5, 5.41) is 13.1. The first-order valence-corrected chi connectivity index (χ1v) is 7.36. The lowest BCUT2D eigenvalue weighted by Crippen LogP contribution is -2.32. The smallest absolute Gasteiger partial charge is 0.324 e. The minimum Gasteiger partial charge on any atom is -0.324 e. The van der Waals surface area contributed by atoms with Crippen LogP contribution in [0.3, 0.4) is 0 Å². The number of nitrogens with one attached hydrogen (secondary N) is 1. The molecule has 0 fully saturated rings. The third kappa shape index (κ3) is 3.90. The number of nitro groups is 1. The molecule has 1 amide bonds. The van der Waals surface area contributed by atoms with Crippen molar-refractivity contribution >= 4 is 17.3 Å². The summed E-state index contributed by atoms with van der Waals surface area (Å²) in [4.78, 5) is 34.6. The van der Waals surface area contributed by atoms with E-state index in [0.29, 0.717) is 0 Å². The van der Waals surface area contributed by atoms with E-state index in [4.69, 9.17) is 0 Å². The number of hydrogen-bond donors (Lipinski definition) is 1. The Labute approximate surface area is 145 Å². The van der Waals surface area contributed by atoms with E-state index in [-0.39, 0.29) is 11.3 Å². The van der Waals surface area contributed by atoms with Crippen molar-refractivity contribution in [3.8, 4) is 0 Å². The quantitative estimate of drug-likeness (QED) is 0.661. The number of hydrogen-bond acceptors (Lipinski definition) is 4. The van der Waals surface area contributed by atoms with E-state index >= 15 is 0 Å². The average Bonchev–Trinajstić information content (AvgIpc) is 2.53. The van der Waals surface area contributed by atoms with Gasteiger partial charge in [-0.05, 0) is 26.0 Å². The van der Waals surface area contributed by atoms with E-state index in [2.05, 4.69) is 5.32 Å². The number of nitrogens with zero attached hydrogens (tertiary/aromatic N) is 2. The number of para-hydroxylation sites is 1. The number of carbonyl (C=O) groups is 1. The molecule has 138 valence electrons. The van der Waals surface area contributed by atoms with Crippen LogP contribution in [0, 0.1) is 17.0 Å². The summed E-state index contributed by atoms with van der Waals surface area (Å²) in [6.45, 7) is 2.63. The molecule has 0 saturated heterocycles. The molecule has 0 bridgehead atoms. The Morgan fingerprint density at radius 3 is 2.50 bits per heavy atom. The number of alkyl halides is 3. The van der Waals surface area contributed by atoms with Gasteiger partial charge in [0, 0.05) is 11.6 Å². The maximum absolute atomic E-state index is 13.0. The Balaban J connectivity index is 2.37. The van der Waals surface area contributed by atoms with Gasteiger partial charge >= 0.3 is 6.18 Å². The van der Waals surface area contributed by atoms with Crippen LogP contribution in [-0.4, -0.2) is 15.4 Å². The number of halogens is 3. The Morgan fingerprint density at radius 1 is 1.31 bits per heavy atom. The number of carbonyl (C=O) groups excluding carboxylic acids is 1. The third-order valence-electron chi connectivity index (χ3n) is 3.74. The Hall–Kier alpha value is -3.17. The summed E-state index contributed by atoms with van der Waals surface area (Å²) in [7, 11) is 0. The van der Waals surface area contributed by atoms with Crippen LogP contribution in [0.5, 0.6) is 0 Å². The van der Waals surface area contributed by atoms with E-state index in [0.717, 1.165) is 29.0 Å². The van der Waals surface area contributed by atoms with Crippen molar-refractivity contribution in [3.63, 3.8) is 0 Å². The van der Waals surface area contributed by atoms with Gasteiger partial charge in [-0.3, -0.25) is 24.3 Å². The molecule has 0 saturated carbocycles. The number of pyridine rings is 1. The first-order valence-electron chi connectivity index (χ1n) is 7.36. The summed E-state index contributed by atoms with van der Waals surface area (Å²) in [5.41, 5.74) is -2.44. The van der Waals surface area contributed by atoms with Crippen LogP contribution in [0.2, 0.25) is 0 Å². The van der Waals surface area contributed by atoms with Gasteiger partial charge in [0.2, 0.25) is 5.91 Å². The Morgan fingerprint density at radius 2 is 1.92 bits per heavy atom. The summed E-state index contributed by atoms with van der Waals surface area (Å²) in [5.74, 6) is -0.915. The minimum atomic E-state index is -4.67. The van der Waals surface area contributed by atoms with Gasteiger partial charge in [-0.25, -0.2) is 0 Å². The zero-order valence-corrected chi connectivity index (χ0v) is 13.7. The topological polar surface area (TPSA) is 94.2 Å². The first-order chi connectivity index (χ1) is 12.0. The highest BCUT2D eigenvalue weighted by Crippen LogP contribution is 2.34. The van der Waals surface area contributed by atoms with Crippen LogP contribution in [0.25, 0.3) is 0 Å².